The SMILES string of the molecule is O=C(O)CCc1nc(CCc2cccc(F)c2)n[nH]1. The number of aromatic nitrogens is 3. The smallest absolute Gasteiger partial charge is 0.303 e. The first-order valence-corrected chi connectivity index (χ1v) is 6.00. The first-order chi connectivity index (χ1) is 9.13. The second-order valence-electron chi connectivity index (χ2n) is 4.22. The van der Waals surface area contributed by atoms with Gasteiger partial charge in [0.2, 0.25) is 0 Å². The Morgan fingerprint density at radius 1 is 1.32 bits per heavy atom. The average Bonchev–Trinajstić information content (AvgIpc) is 2.82. The van der Waals surface area contributed by atoms with Crippen LogP contribution in [0.1, 0.15) is 23.6 Å². The number of aliphatic carboxylic acids is 1. The van der Waals surface area contributed by atoms with Crippen molar-refractivity contribution in [3.63, 3.8) is 0 Å². The lowest BCUT2D eigenvalue weighted by Crippen LogP contribution is -1.99. The third-order valence-corrected chi connectivity index (χ3v) is 2.68. The number of aryl methyl sites for hydroxylation is 3. The molecule has 0 unspecified atom stereocenters. The highest BCUT2D eigenvalue weighted by Gasteiger charge is 2.06. The van der Waals surface area contributed by atoms with E-state index in [0.29, 0.717) is 30.9 Å². The number of benzene rings is 1. The van der Waals surface area contributed by atoms with Crippen LogP contribution in [0.2, 0.25) is 0 Å². The van der Waals surface area contributed by atoms with E-state index in [1.165, 1.54) is 12.1 Å². The van der Waals surface area contributed by atoms with Crippen LogP contribution in [0, 0.1) is 5.82 Å². The van der Waals surface area contributed by atoms with Crippen molar-refractivity contribution in [2.45, 2.75) is 25.7 Å². The van der Waals surface area contributed by atoms with Gasteiger partial charge in [-0.05, 0) is 24.1 Å². The monoisotopic (exact) mass is 263 g/mol. The molecule has 0 radical (unpaired) electrons. The van der Waals surface area contributed by atoms with Crippen LogP contribution < -0.4 is 0 Å². The summed E-state index contributed by atoms with van der Waals surface area (Å²) >= 11 is 0. The molecule has 0 bridgehead atoms. The highest BCUT2D eigenvalue weighted by molar-refractivity contribution is 5.66. The Morgan fingerprint density at radius 3 is 2.89 bits per heavy atom. The largest absolute Gasteiger partial charge is 0.481 e. The minimum atomic E-state index is -0.863. The van der Waals surface area contributed by atoms with E-state index < -0.39 is 5.97 Å². The number of nitrogens with zero attached hydrogens (tertiary/aromatic N) is 2. The van der Waals surface area contributed by atoms with Gasteiger partial charge in [-0.25, -0.2) is 9.37 Å². The van der Waals surface area contributed by atoms with Crippen molar-refractivity contribution in [3.05, 3.63) is 47.3 Å². The zero-order valence-electron chi connectivity index (χ0n) is 10.3. The van der Waals surface area contributed by atoms with Crippen LogP contribution in [-0.2, 0) is 24.1 Å². The Labute approximate surface area is 109 Å². The van der Waals surface area contributed by atoms with Gasteiger partial charge in [0.1, 0.15) is 11.6 Å². The maximum atomic E-state index is 13.0. The molecule has 2 rings (SSSR count). The summed E-state index contributed by atoms with van der Waals surface area (Å²) in [4.78, 5) is 14.6. The van der Waals surface area contributed by atoms with Crippen molar-refractivity contribution in [1.29, 1.82) is 0 Å². The van der Waals surface area contributed by atoms with Gasteiger partial charge in [0, 0.05) is 12.8 Å². The Balaban J connectivity index is 1.88. The predicted octanol–water partition coefficient (Wildman–Crippen LogP) is 1.75. The van der Waals surface area contributed by atoms with E-state index in [1.54, 1.807) is 6.07 Å². The van der Waals surface area contributed by atoms with E-state index in [-0.39, 0.29) is 12.2 Å². The second-order valence-corrected chi connectivity index (χ2v) is 4.22. The molecule has 19 heavy (non-hydrogen) atoms. The van der Waals surface area contributed by atoms with Crippen LogP contribution in [0.3, 0.4) is 0 Å². The summed E-state index contributed by atoms with van der Waals surface area (Å²) in [5, 5.41) is 15.3. The van der Waals surface area contributed by atoms with Crippen molar-refractivity contribution in [3.8, 4) is 0 Å². The van der Waals surface area contributed by atoms with Crippen LogP contribution in [0.5, 0.6) is 0 Å². The topological polar surface area (TPSA) is 78.9 Å². The van der Waals surface area contributed by atoms with Crippen LogP contribution in [-0.4, -0.2) is 26.3 Å². The third kappa shape index (κ3) is 4.17. The van der Waals surface area contributed by atoms with Crippen molar-refractivity contribution >= 4 is 5.97 Å². The molecular formula is C13H14FN3O2. The number of H-pyrrole nitrogens is 1. The fourth-order valence-electron chi connectivity index (χ4n) is 1.73. The predicted molar refractivity (Wildman–Crippen MR) is 66.1 cm³/mol. The quantitative estimate of drug-likeness (QED) is 0.832. The summed E-state index contributed by atoms with van der Waals surface area (Å²) in [6, 6.07) is 6.40. The molecule has 0 aliphatic carbocycles. The number of carboxylic acids is 1. The van der Waals surface area contributed by atoms with Gasteiger partial charge >= 0.3 is 5.97 Å². The summed E-state index contributed by atoms with van der Waals surface area (Å²) < 4.78 is 13.0. The molecule has 2 aromatic rings. The standard InChI is InChI=1S/C13H14FN3O2/c14-10-3-1-2-9(8-10)4-5-11-15-12(17-16-11)6-7-13(18)19/h1-3,8H,4-7H2,(H,18,19)(H,15,16,17). The van der Waals surface area contributed by atoms with Gasteiger partial charge in [0.15, 0.2) is 5.82 Å². The van der Waals surface area contributed by atoms with Gasteiger partial charge in [0.05, 0.1) is 6.42 Å². The number of hydrogen-bond acceptors (Lipinski definition) is 3. The molecule has 5 nitrogen and oxygen atoms in total. The lowest BCUT2D eigenvalue weighted by molar-refractivity contribution is -0.137. The van der Waals surface area contributed by atoms with Gasteiger partial charge in [0.25, 0.3) is 0 Å². The van der Waals surface area contributed by atoms with Gasteiger partial charge in [-0.15, -0.1) is 0 Å². The minimum absolute atomic E-state index is 0.0263. The molecule has 0 aliphatic rings. The van der Waals surface area contributed by atoms with E-state index in [0.717, 1.165) is 5.56 Å². The van der Waals surface area contributed by atoms with Crippen LogP contribution >= 0.6 is 0 Å². The van der Waals surface area contributed by atoms with Crippen molar-refractivity contribution in [2.24, 2.45) is 0 Å². The number of hydrogen-bond donors (Lipinski definition) is 2. The summed E-state index contributed by atoms with van der Waals surface area (Å²) in [6.45, 7) is 0. The summed E-state index contributed by atoms with van der Waals surface area (Å²) in [7, 11) is 0. The molecule has 0 spiro atoms. The van der Waals surface area contributed by atoms with Gasteiger partial charge in [-0.1, -0.05) is 12.1 Å². The Hall–Kier alpha value is -2.24. The summed E-state index contributed by atoms with van der Waals surface area (Å²) in [5.41, 5.74) is 0.886. The Bertz CT molecular complexity index is 569. The van der Waals surface area contributed by atoms with Crippen LogP contribution in [0.15, 0.2) is 24.3 Å². The molecule has 1 aromatic heterocycles. The van der Waals surface area contributed by atoms with E-state index >= 15 is 0 Å². The molecule has 0 amide bonds. The molecule has 2 N–H and O–H groups in total. The lowest BCUT2D eigenvalue weighted by Gasteiger charge is -1.98. The highest BCUT2D eigenvalue weighted by Crippen LogP contribution is 2.07. The van der Waals surface area contributed by atoms with E-state index in [9.17, 15) is 9.18 Å². The molecule has 0 fully saturated rings. The molecular weight excluding hydrogens is 249 g/mol. The summed E-state index contributed by atoms with van der Waals surface area (Å²) in [5.74, 6) is 0.0636. The van der Waals surface area contributed by atoms with Crippen molar-refractivity contribution < 1.29 is 14.3 Å². The van der Waals surface area contributed by atoms with Gasteiger partial charge in [-0.3, -0.25) is 9.89 Å². The molecule has 1 aromatic carbocycles. The zero-order chi connectivity index (χ0) is 13.7. The van der Waals surface area contributed by atoms with Crippen molar-refractivity contribution in [1.82, 2.24) is 15.2 Å². The lowest BCUT2D eigenvalue weighted by atomic mass is 10.1. The van der Waals surface area contributed by atoms with Crippen LogP contribution in [0.25, 0.3) is 0 Å². The molecule has 0 saturated carbocycles. The molecule has 0 saturated heterocycles. The fourth-order valence-corrected chi connectivity index (χ4v) is 1.73. The number of carbonyl (C=O) groups is 1. The number of aromatic amines is 1. The Morgan fingerprint density at radius 2 is 2.16 bits per heavy atom. The molecule has 0 atom stereocenters. The van der Waals surface area contributed by atoms with Gasteiger partial charge in [-0.2, -0.15) is 5.10 Å². The molecule has 6 heteroatoms. The number of nitrogens with one attached hydrogen (secondary N) is 1. The first kappa shape index (κ1) is 13.2. The van der Waals surface area contributed by atoms with E-state index in [4.69, 9.17) is 5.11 Å². The highest BCUT2D eigenvalue weighted by atomic mass is 19.1. The first-order valence-electron chi connectivity index (χ1n) is 6.00. The minimum Gasteiger partial charge on any atom is -0.481 e. The van der Waals surface area contributed by atoms with E-state index in [1.807, 2.05) is 6.07 Å². The molecule has 100 valence electrons. The maximum Gasteiger partial charge on any atom is 0.303 e. The van der Waals surface area contributed by atoms with Gasteiger partial charge < -0.3 is 5.11 Å². The second kappa shape index (κ2) is 6.08. The molecule has 1 heterocycles. The fraction of sp³-hybridized carbons (Fsp3) is 0.308. The van der Waals surface area contributed by atoms with Crippen LogP contribution in [0.4, 0.5) is 4.39 Å². The molecule has 0 aliphatic heterocycles. The Kier molecular flexibility index (Phi) is 4.22. The number of rotatable bonds is 6. The zero-order valence-corrected chi connectivity index (χ0v) is 10.3. The van der Waals surface area contributed by atoms with E-state index in [2.05, 4.69) is 15.2 Å². The van der Waals surface area contributed by atoms with Crippen molar-refractivity contribution in [2.75, 3.05) is 0 Å². The number of carboxylic acid groups (broad SMARTS) is 1. The summed E-state index contributed by atoms with van der Waals surface area (Å²) in [6.07, 6.45) is 1.60. The maximum absolute atomic E-state index is 13.0. The normalized spacial score (nSPS) is 10.6. The number of halogens is 1. The average molecular weight is 263 g/mol. The third-order valence-electron chi connectivity index (χ3n) is 2.68.